The van der Waals surface area contributed by atoms with E-state index in [1.165, 1.54) is 4.68 Å². The minimum absolute atomic E-state index is 0.195. The number of nitrogens with zero attached hydrogens (tertiary/aromatic N) is 6. The first-order chi connectivity index (χ1) is 15.1. The Morgan fingerprint density at radius 2 is 1.94 bits per heavy atom. The molecule has 0 aliphatic rings. The van der Waals surface area contributed by atoms with E-state index in [0.29, 0.717) is 5.52 Å². The third kappa shape index (κ3) is 3.64. The Morgan fingerprint density at radius 1 is 1.03 bits per heavy atom. The molecule has 5 aromatic heterocycles. The number of aromatic amines is 1. The Hall–Kier alpha value is -4.40. The summed E-state index contributed by atoms with van der Waals surface area (Å²) in [7, 11) is 0. The Morgan fingerprint density at radius 3 is 2.77 bits per heavy atom. The highest BCUT2D eigenvalue weighted by molar-refractivity contribution is 5.85. The maximum absolute atomic E-state index is 10.9. The summed E-state index contributed by atoms with van der Waals surface area (Å²) in [6.45, 7) is 1.75. The van der Waals surface area contributed by atoms with Crippen LogP contribution in [0, 0.1) is 6.92 Å². The first kappa shape index (κ1) is 18.6. The summed E-state index contributed by atoms with van der Waals surface area (Å²) in [5.74, 6) is -0.948. The zero-order chi connectivity index (χ0) is 21.4. The second kappa shape index (κ2) is 7.45. The molecule has 0 bridgehead atoms. The quantitative estimate of drug-likeness (QED) is 0.455. The van der Waals surface area contributed by atoms with Gasteiger partial charge in [0.2, 0.25) is 0 Å². The predicted octanol–water partition coefficient (Wildman–Crippen LogP) is 3.34. The molecule has 0 radical (unpaired) electrons. The Labute approximate surface area is 176 Å². The van der Waals surface area contributed by atoms with Crippen molar-refractivity contribution in [2.24, 2.45) is 0 Å². The van der Waals surface area contributed by atoms with Crippen LogP contribution in [0.15, 0.2) is 61.2 Å². The van der Waals surface area contributed by atoms with Crippen LogP contribution in [-0.2, 0) is 11.3 Å². The van der Waals surface area contributed by atoms with Gasteiger partial charge in [0.25, 0.3) is 0 Å². The number of fused-ring (bicyclic) bond motifs is 1. The lowest BCUT2D eigenvalue weighted by Gasteiger charge is -2.06. The minimum atomic E-state index is -0.948. The van der Waals surface area contributed by atoms with Crippen molar-refractivity contribution in [3.8, 4) is 33.8 Å². The molecule has 0 atom stereocenters. The van der Waals surface area contributed by atoms with E-state index in [4.69, 9.17) is 10.1 Å². The van der Waals surface area contributed by atoms with Gasteiger partial charge in [0.05, 0.1) is 40.5 Å². The highest BCUT2D eigenvalue weighted by Crippen LogP contribution is 2.30. The lowest BCUT2D eigenvalue weighted by atomic mass is 10.1. The summed E-state index contributed by atoms with van der Waals surface area (Å²) < 4.78 is 1.37. The third-order valence-electron chi connectivity index (χ3n) is 4.86. The minimum Gasteiger partial charge on any atom is -0.480 e. The zero-order valence-electron chi connectivity index (χ0n) is 16.5. The molecule has 0 fully saturated rings. The van der Waals surface area contributed by atoms with E-state index in [2.05, 4.69) is 25.3 Å². The molecule has 0 saturated carbocycles. The highest BCUT2D eigenvalue weighted by atomic mass is 16.4. The third-order valence-corrected chi connectivity index (χ3v) is 4.86. The van der Waals surface area contributed by atoms with Crippen LogP contribution in [0.2, 0.25) is 0 Å². The van der Waals surface area contributed by atoms with Gasteiger partial charge in [0.15, 0.2) is 0 Å². The van der Waals surface area contributed by atoms with E-state index in [1.54, 1.807) is 24.8 Å². The largest absolute Gasteiger partial charge is 0.480 e. The fraction of sp³-hybridized carbons (Fsp3) is 0.0909. The number of aliphatic carboxylic acids is 1. The molecule has 2 N–H and O–H groups in total. The van der Waals surface area contributed by atoms with Gasteiger partial charge in [-0.3, -0.25) is 24.5 Å². The van der Waals surface area contributed by atoms with Gasteiger partial charge in [-0.25, -0.2) is 4.98 Å². The summed E-state index contributed by atoms with van der Waals surface area (Å²) in [6.07, 6.45) is 6.76. The highest BCUT2D eigenvalue weighted by Gasteiger charge is 2.14. The number of hydrogen-bond acceptors (Lipinski definition) is 6. The van der Waals surface area contributed by atoms with Gasteiger partial charge in [-0.2, -0.15) is 10.2 Å². The Balaban J connectivity index is 1.54. The Kier molecular flexibility index (Phi) is 4.47. The van der Waals surface area contributed by atoms with Crippen molar-refractivity contribution in [3.05, 3.63) is 66.9 Å². The van der Waals surface area contributed by atoms with Crippen molar-refractivity contribution in [1.82, 2.24) is 34.9 Å². The second-order valence-electron chi connectivity index (χ2n) is 7.10. The van der Waals surface area contributed by atoms with Gasteiger partial charge in [0, 0.05) is 34.8 Å². The lowest BCUT2D eigenvalue weighted by Crippen LogP contribution is -2.08. The number of pyridine rings is 3. The van der Waals surface area contributed by atoms with Crippen LogP contribution in [0.3, 0.4) is 0 Å². The molecule has 0 saturated heterocycles. The molecule has 9 heteroatoms. The second-order valence-corrected chi connectivity index (χ2v) is 7.10. The van der Waals surface area contributed by atoms with Crippen LogP contribution in [0.25, 0.3) is 44.8 Å². The molecule has 0 amide bonds. The van der Waals surface area contributed by atoms with Crippen molar-refractivity contribution in [2.75, 3.05) is 0 Å². The summed E-state index contributed by atoms with van der Waals surface area (Å²) in [5, 5.41) is 20.2. The van der Waals surface area contributed by atoms with Crippen molar-refractivity contribution in [2.45, 2.75) is 13.5 Å². The van der Waals surface area contributed by atoms with E-state index in [0.717, 1.165) is 45.0 Å². The van der Waals surface area contributed by atoms with Gasteiger partial charge in [0.1, 0.15) is 6.54 Å². The van der Waals surface area contributed by atoms with E-state index >= 15 is 0 Å². The van der Waals surface area contributed by atoms with Crippen molar-refractivity contribution in [1.29, 1.82) is 0 Å². The SMILES string of the molecule is Cc1cccc(-c2[nH]ncc2-c2ccc3ncc(-c4cnn(CC(=O)O)c4)cc3n2)n1. The summed E-state index contributed by atoms with van der Waals surface area (Å²) >= 11 is 0. The van der Waals surface area contributed by atoms with Crippen LogP contribution in [0.1, 0.15) is 5.69 Å². The van der Waals surface area contributed by atoms with Gasteiger partial charge in [-0.05, 0) is 37.3 Å². The van der Waals surface area contributed by atoms with E-state index in [1.807, 2.05) is 43.3 Å². The fourth-order valence-corrected chi connectivity index (χ4v) is 3.41. The fourth-order valence-electron chi connectivity index (χ4n) is 3.41. The molecule has 0 aromatic carbocycles. The maximum atomic E-state index is 10.9. The molecule has 5 rings (SSSR count). The molecule has 0 aliphatic carbocycles. The molecular formula is C22H17N7O2. The smallest absolute Gasteiger partial charge is 0.325 e. The first-order valence-electron chi connectivity index (χ1n) is 9.56. The normalized spacial score (nSPS) is 11.1. The number of hydrogen-bond donors (Lipinski definition) is 2. The summed E-state index contributed by atoms with van der Waals surface area (Å²) in [5.41, 5.74) is 7.16. The van der Waals surface area contributed by atoms with Crippen LogP contribution in [0.4, 0.5) is 0 Å². The average Bonchev–Trinajstić information content (AvgIpc) is 3.42. The van der Waals surface area contributed by atoms with Crippen LogP contribution in [-0.4, -0.2) is 46.0 Å². The van der Waals surface area contributed by atoms with Crippen LogP contribution < -0.4 is 0 Å². The molecule has 152 valence electrons. The molecular weight excluding hydrogens is 394 g/mol. The summed E-state index contributed by atoms with van der Waals surface area (Å²) in [4.78, 5) is 24.8. The molecule has 31 heavy (non-hydrogen) atoms. The zero-order valence-corrected chi connectivity index (χ0v) is 16.5. The van der Waals surface area contributed by atoms with Crippen molar-refractivity contribution in [3.63, 3.8) is 0 Å². The van der Waals surface area contributed by atoms with Crippen molar-refractivity contribution < 1.29 is 9.90 Å². The molecule has 0 aliphatic heterocycles. The topological polar surface area (TPSA) is 122 Å². The monoisotopic (exact) mass is 411 g/mol. The molecule has 5 heterocycles. The number of aromatic nitrogens is 7. The number of H-pyrrole nitrogens is 1. The van der Waals surface area contributed by atoms with Gasteiger partial charge in [-0.1, -0.05) is 6.07 Å². The van der Waals surface area contributed by atoms with E-state index in [9.17, 15) is 4.79 Å². The summed E-state index contributed by atoms with van der Waals surface area (Å²) in [6, 6.07) is 11.6. The van der Waals surface area contributed by atoms with Crippen LogP contribution in [0.5, 0.6) is 0 Å². The van der Waals surface area contributed by atoms with E-state index < -0.39 is 5.97 Å². The molecule has 0 unspecified atom stereocenters. The standard InChI is InChI=1S/C22H17N7O2/c1-13-3-2-4-19(26-13)22-16(10-24-28-22)17-5-6-18-20(27-17)7-14(8-23-18)15-9-25-29(11-15)12-21(30)31/h2-11H,12H2,1H3,(H,24,28)(H,30,31). The maximum Gasteiger partial charge on any atom is 0.325 e. The number of carbonyl (C=O) groups is 1. The van der Waals surface area contributed by atoms with Crippen molar-refractivity contribution >= 4 is 17.0 Å². The predicted molar refractivity (Wildman–Crippen MR) is 114 cm³/mol. The molecule has 5 aromatic rings. The molecule has 9 nitrogen and oxygen atoms in total. The van der Waals surface area contributed by atoms with Gasteiger partial charge >= 0.3 is 5.97 Å². The number of carboxylic acid groups (broad SMARTS) is 1. The number of aryl methyl sites for hydroxylation is 1. The Bertz CT molecular complexity index is 1420. The molecule has 0 spiro atoms. The number of nitrogens with one attached hydrogen (secondary N) is 1. The van der Waals surface area contributed by atoms with Gasteiger partial charge < -0.3 is 5.11 Å². The average molecular weight is 411 g/mol. The van der Waals surface area contributed by atoms with Crippen LogP contribution >= 0.6 is 0 Å². The van der Waals surface area contributed by atoms with Gasteiger partial charge in [-0.15, -0.1) is 0 Å². The van der Waals surface area contributed by atoms with E-state index in [-0.39, 0.29) is 6.54 Å². The number of rotatable bonds is 5. The number of carboxylic acids is 1. The lowest BCUT2D eigenvalue weighted by molar-refractivity contribution is -0.137. The first-order valence-corrected chi connectivity index (χ1v) is 9.56.